The lowest BCUT2D eigenvalue weighted by molar-refractivity contribution is -0.255. The normalized spacial score (nSPS) is 10.9. The molecular formula is C12H13N2O3-. The molecule has 0 unspecified atom stereocenters. The van der Waals surface area contributed by atoms with Gasteiger partial charge in [0.1, 0.15) is 0 Å². The summed E-state index contributed by atoms with van der Waals surface area (Å²) in [5, 5.41) is 10.8. The highest BCUT2D eigenvalue weighted by Gasteiger charge is 2.11. The Bertz CT molecular complexity index is 637. The van der Waals surface area contributed by atoms with Crippen molar-refractivity contribution in [3.8, 4) is 0 Å². The second kappa shape index (κ2) is 4.08. The van der Waals surface area contributed by atoms with Crippen molar-refractivity contribution in [1.82, 2.24) is 9.13 Å². The molecule has 0 saturated carbocycles. The molecule has 1 aromatic carbocycles. The fourth-order valence-corrected chi connectivity index (χ4v) is 2.06. The Balaban J connectivity index is 2.85. The van der Waals surface area contributed by atoms with E-state index in [9.17, 15) is 14.7 Å². The van der Waals surface area contributed by atoms with Crippen LogP contribution in [0.3, 0.4) is 0 Å². The van der Waals surface area contributed by atoms with Gasteiger partial charge in [0, 0.05) is 13.1 Å². The second-order valence-corrected chi connectivity index (χ2v) is 3.76. The molecule has 5 nitrogen and oxygen atoms in total. The summed E-state index contributed by atoms with van der Waals surface area (Å²) in [6.45, 7) is 4.81. The van der Waals surface area contributed by atoms with Gasteiger partial charge in [0.15, 0.2) is 0 Å². The number of aromatic nitrogens is 2. The van der Waals surface area contributed by atoms with Crippen LogP contribution in [0.15, 0.2) is 23.0 Å². The summed E-state index contributed by atoms with van der Waals surface area (Å²) in [4.78, 5) is 22.8. The number of imidazole rings is 1. The maximum absolute atomic E-state index is 12.0. The molecule has 0 bridgehead atoms. The summed E-state index contributed by atoms with van der Waals surface area (Å²) in [5.74, 6) is -1.23. The number of carbonyl (C=O) groups excluding carboxylic acids is 1. The lowest BCUT2D eigenvalue weighted by Gasteiger charge is -2.03. The molecule has 17 heavy (non-hydrogen) atoms. The van der Waals surface area contributed by atoms with Crippen LogP contribution in [0.1, 0.15) is 24.2 Å². The van der Waals surface area contributed by atoms with E-state index in [1.807, 2.05) is 13.8 Å². The molecule has 0 aliphatic heterocycles. The van der Waals surface area contributed by atoms with E-state index < -0.39 is 5.97 Å². The maximum atomic E-state index is 12.0. The van der Waals surface area contributed by atoms with Gasteiger partial charge in [-0.1, -0.05) is 6.07 Å². The third-order valence-electron chi connectivity index (χ3n) is 2.89. The number of carboxylic acid groups (broad SMARTS) is 1. The second-order valence-electron chi connectivity index (χ2n) is 3.76. The zero-order valence-electron chi connectivity index (χ0n) is 9.77. The molecule has 0 aliphatic rings. The molecule has 1 aromatic heterocycles. The number of fused-ring (bicyclic) bond motifs is 1. The number of benzene rings is 1. The molecule has 0 spiro atoms. The number of hydrogen-bond donors (Lipinski definition) is 0. The lowest BCUT2D eigenvalue weighted by atomic mass is 10.2. The highest BCUT2D eigenvalue weighted by molar-refractivity contribution is 5.91. The molecule has 90 valence electrons. The number of carboxylic acids is 1. The van der Waals surface area contributed by atoms with E-state index in [0.29, 0.717) is 18.6 Å². The van der Waals surface area contributed by atoms with E-state index in [-0.39, 0.29) is 11.3 Å². The minimum atomic E-state index is -1.23. The fourth-order valence-electron chi connectivity index (χ4n) is 2.06. The van der Waals surface area contributed by atoms with Crippen LogP contribution >= 0.6 is 0 Å². The van der Waals surface area contributed by atoms with Gasteiger partial charge in [-0.25, -0.2) is 4.79 Å². The topological polar surface area (TPSA) is 67.1 Å². The van der Waals surface area contributed by atoms with Crippen LogP contribution in [-0.4, -0.2) is 15.1 Å². The first kappa shape index (κ1) is 11.4. The molecule has 0 saturated heterocycles. The van der Waals surface area contributed by atoms with E-state index >= 15 is 0 Å². The minimum Gasteiger partial charge on any atom is -0.545 e. The highest BCUT2D eigenvalue weighted by atomic mass is 16.4. The van der Waals surface area contributed by atoms with Crippen LogP contribution in [0.5, 0.6) is 0 Å². The van der Waals surface area contributed by atoms with Gasteiger partial charge in [-0.05, 0) is 31.5 Å². The van der Waals surface area contributed by atoms with E-state index in [1.165, 1.54) is 12.1 Å². The first-order valence-corrected chi connectivity index (χ1v) is 5.54. The van der Waals surface area contributed by atoms with Gasteiger partial charge >= 0.3 is 5.69 Å². The van der Waals surface area contributed by atoms with Crippen LogP contribution in [-0.2, 0) is 13.1 Å². The highest BCUT2D eigenvalue weighted by Crippen LogP contribution is 2.15. The van der Waals surface area contributed by atoms with Crippen LogP contribution in [0, 0.1) is 0 Å². The van der Waals surface area contributed by atoms with Gasteiger partial charge in [0.25, 0.3) is 0 Å². The minimum absolute atomic E-state index is 0.0907. The standard InChI is InChI=1S/C12H14N2O3/c1-3-13-9-6-5-8(11(15)16)7-10(9)14(4-2)12(13)17/h5-7H,3-4H2,1-2H3,(H,15,16)/p-1. The number of rotatable bonds is 3. The number of carbonyl (C=O) groups is 1. The monoisotopic (exact) mass is 233 g/mol. The Morgan fingerprint density at radius 1 is 1.18 bits per heavy atom. The molecular weight excluding hydrogens is 220 g/mol. The zero-order valence-corrected chi connectivity index (χ0v) is 9.77. The Morgan fingerprint density at radius 2 is 1.76 bits per heavy atom. The van der Waals surface area contributed by atoms with Gasteiger partial charge in [-0.2, -0.15) is 0 Å². The lowest BCUT2D eigenvalue weighted by Crippen LogP contribution is -2.23. The molecule has 2 aromatic rings. The van der Waals surface area contributed by atoms with Crippen LogP contribution < -0.4 is 10.8 Å². The summed E-state index contributed by atoms with van der Waals surface area (Å²) >= 11 is 0. The SMILES string of the molecule is CCn1c(=O)n(CC)c2cc(C(=O)[O-])ccc21. The van der Waals surface area contributed by atoms with E-state index in [1.54, 1.807) is 15.2 Å². The van der Waals surface area contributed by atoms with Crippen molar-refractivity contribution in [2.75, 3.05) is 0 Å². The fraction of sp³-hybridized carbons (Fsp3) is 0.333. The van der Waals surface area contributed by atoms with Crippen molar-refractivity contribution in [3.63, 3.8) is 0 Å². The molecule has 0 fully saturated rings. The van der Waals surface area contributed by atoms with Crippen LogP contribution in [0.25, 0.3) is 11.0 Å². The van der Waals surface area contributed by atoms with Gasteiger partial charge < -0.3 is 9.90 Å². The smallest absolute Gasteiger partial charge is 0.329 e. The van der Waals surface area contributed by atoms with Gasteiger partial charge in [0.05, 0.1) is 17.0 Å². The average Bonchev–Trinajstić information content (AvgIpc) is 2.58. The molecule has 0 amide bonds. The van der Waals surface area contributed by atoms with E-state index in [0.717, 1.165) is 5.52 Å². The van der Waals surface area contributed by atoms with Crippen LogP contribution in [0.2, 0.25) is 0 Å². The quantitative estimate of drug-likeness (QED) is 0.761. The van der Waals surface area contributed by atoms with E-state index in [4.69, 9.17) is 0 Å². The molecule has 0 atom stereocenters. The number of hydrogen-bond acceptors (Lipinski definition) is 3. The van der Waals surface area contributed by atoms with Crippen molar-refractivity contribution in [2.24, 2.45) is 0 Å². The Labute approximate surface area is 97.9 Å². The number of aromatic carboxylic acids is 1. The third kappa shape index (κ3) is 1.63. The molecule has 1 heterocycles. The molecule has 0 aliphatic carbocycles. The van der Waals surface area contributed by atoms with Crippen molar-refractivity contribution in [3.05, 3.63) is 34.2 Å². The van der Waals surface area contributed by atoms with Crippen molar-refractivity contribution in [2.45, 2.75) is 26.9 Å². The predicted octanol–water partition coefficient (Wildman–Crippen LogP) is 0.206. The number of nitrogens with zero attached hydrogens (tertiary/aromatic N) is 2. The zero-order chi connectivity index (χ0) is 12.6. The predicted molar refractivity (Wildman–Crippen MR) is 61.9 cm³/mol. The third-order valence-corrected chi connectivity index (χ3v) is 2.89. The van der Waals surface area contributed by atoms with Gasteiger partial charge in [-0.3, -0.25) is 9.13 Å². The summed E-state index contributed by atoms with van der Waals surface area (Å²) < 4.78 is 3.18. The summed E-state index contributed by atoms with van der Waals surface area (Å²) in [6.07, 6.45) is 0. The van der Waals surface area contributed by atoms with Gasteiger partial charge in [-0.15, -0.1) is 0 Å². The molecule has 2 rings (SSSR count). The van der Waals surface area contributed by atoms with Crippen molar-refractivity contribution < 1.29 is 9.90 Å². The molecule has 0 N–H and O–H groups in total. The first-order chi connectivity index (χ1) is 8.10. The van der Waals surface area contributed by atoms with Crippen molar-refractivity contribution >= 4 is 17.0 Å². The summed E-state index contributed by atoms with van der Waals surface area (Å²) in [6, 6.07) is 4.60. The first-order valence-electron chi connectivity index (χ1n) is 5.54. The average molecular weight is 233 g/mol. The number of aryl methyl sites for hydroxylation is 2. The molecule has 5 heteroatoms. The Kier molecular flexibility index (Phi) is 2.75. The largest absolute Gasteiger partial charge is 0.545 e. The van der Waals surface area contributed by atoms with E-state index in [2.05, 4.69) is 0 Å². The van der Waals surface area contributed by atoms with Gasteiger partial charge in [0.2, 0.25) is 0 Å². The van der Waals surface area contributed by atoms with Crippen LogP contribution in [0.4, 0.5) is 0 Å². The summed E-state index contributed by atoms with van der Waals surface area (Å²) in [5.41, 5.74) is 1.37. The summed E-state index contributed by atoms with van der Waals surface area (Å²) in [7, 11) is 0. The molecule has 0 radical (unpaired) electrons. The maximum Gasteiger partial charge on any atom is 0.329 e. The Hall–Kier alpha value is -2.04. The van der Waals surface area contributed by atoms with Crippen molar-refractivity contribution in [1.29, 1.82) is 0 Å². The Morgan fingerprint density at radius 3 is 2.29 bits per heavy atom.